The molecule has 2 unspecified atom stereocenters. The molecule has 2 atom stereocenters. The van der Waals surface area contributed by atoms with E-state index in [1.165, 1.54) is 23.8 Å². The second-order valence-corrected chi connectivity index (χ2v) is 4.97. The Kier molecular flexibility index (Phi) is 3.43. The largest absolute Gasteiger partial charge is 0.481 e. The summed E-state index contributed by atoms with van der Waals surface area (Å²) in [5.41, 5.74) is 0.369. The first-order valence-electron chi connectivity index (χ1n) is 5.17. The van der Waals surface area contributed by atoms with E-state index in [9.17, 15) is 9.59 Å². The van der Waals surface area contributed by atoms with E-state index in [0.717, 1.165) is 0 Å². The number of carboxylic acid groups (broad SMARTS) is 1. The van der Waals surface area contributed by atoms with Crippen LogP contribution in [0, 0.1) is 5.41 Å². The summed E-state index contributed by atoms with van der Waals surface area (Å²) in [6.07, 6.45) is 0. The number of hydrogen-bond acceptors (Lipinski definition) is 6. The third-order valence-corrected chi connectivity index (χ3v) is 3.44. The number of carbonyl (C=O) groups is 2. The Balaban J connectivity index is 1.96. The summed E-state index contributed by atoms with van der Waals surface area (Å²) in [6, 6.07) is -1.10. The van der Waals surface area contributed by atoms with Gasteiger partial charge in [-0.15, -0.1) is 10.2 Å². The van der Waals surface area contributed by atoms with Crippen molar-refractivity contribution in [2.45, 2.75) is 13.0 Å². The first-order chi connectivity index (χ1) is 8.52. The van der Waals surface area contributed by atoms with Gasteiger partial charge in [-0.25, -0.2) is 4.79 Å². The highest BCUT2D eigenvalue weighted by atomic mass is 32.1. The molecule has 1 fully saturated rings. The summed E-state index contributed by atoms with van der Waals surface area (Å²) in [6.45, 7) is 1.79. The molecular weight excluding hydrogens is 260 g/mol. The van der Waals surface area contributed by atoms with Crippen molar-refractivity contribution in [2.75, 3.05) is 18.5 Å². The SMILES string of the molecule is CC1(C(=O)O)COCC1NC(=O)Nc1nncs1. The molecule has 2 rings (SSSR count). The van der Waals surface area contributed by atoms with Crippen molar-refractivity contribution < 1.29 is 19.4 Å². The van der Waals surface area contributed by atoms with Crippen LogP contribution < -0.4 is 10.6 Å². The number of aliphatic carboxylic acids is 1. The van der Waals surface area contributed by atoms with E-state index >= 15 is 0 Å². The van der Waals surface area contributed by atoms with Crippen molar-refractivity contribution in [3.8, 4) is 0 Å². The molecule has 0 aliphatic carbocycles. The zero-order valence-corrected chi connectivity index (χ0v) is 10.4. The van der Waals surface area contributed by atoms with Crippen LogP contribution in [0.4, 0.5) is 9.93 Å². The number of aromatic nitrogens is 2. The highest BCUT2D eigenvalue weighted by Crippen LogP contribution is 2.28. The number of nitrogens with one attached hydrogen (secondary N) is 2. The first-order valence-corrected chi connectivity index (χ1v) is 6.05. The zero-order valence-electron chi connectivity index (χ0n) is 9.54. The van der Waals surface area contributed by atoms with Crippen LogP contribution in [0.1, 0.15) is 6.92 Å². The van der Waals surface area contributed by atoms with Crippen molar-refractivity contribution in [1.29, 1.82) is 0 Å². The van der Waals surface area contributed by atoms with Crippen LogP contribution in [0.25, 0.3) is 0 Å². The number of carbonyl (C=O) groups excluding carboxylic acids is 1. The molecule has 1 aromatic heterocycles. The van der Waals surface area contributed by atoms with Crippen LogP contribution in [-0.2, 0) is 9.53 Å². The third-order valence-electron chi connectivity index (χ3n) is 2.83. The summed E-state index contributed by atoms with van der Waals surface area (Å²) in [4.78, 5) is 22.8. The van der Waals surface area contributed by atoms with Crippen molar-refractivity contribution in [3.63, 3.8) is 0 Å². The predicted octanol–water partition coefficient (Wildman–Crippen LogP) is 0.149. The molecule has 0 saturated carbocycles. The summed E-state index contributed by atoms with van der Waals surface area (Å²) < 4.78 is 5.12. The lowest BCUT2D eigenvalue weighted by Gasteiger charge is -2.25. The van der Waals surface area contributed by atoms with E-state index in [1.54, 1.807) is 0 Å². The second kappa shape index (κ2) is 4.86. The van der Waals surface area contributed by atoms with Gasteiger partial charge in [-0.05, 0) is 6.92 Å². The van der Waals surface area contributed by atoms with Crippen LogP contribution in [0.15, 0.2) is 5.51 Å². The molecule has 1 aromatic rings. The quantitative estimate of drug-likeness (QED) is 0.721. The maximum Gasteiger partial charge on any atom is 0.321 e. The van der Waals surface area contributed by atoms with Gasteiger partial charge in [0.25, 0.3) is 0 Å². The molecule has 1 saturated heterocycles. The van der Waals surface area contributed by atoms with Gasteiger partial charge in [0.15, 0.2) is 0 Å². The van der Waals surface area contributed by atoms with Crippen molar-refractivity contribution in [3.05, 3.63) is 5.51 Å². The Bertz CT molecular complexity index is 451. The maximum absolute atomic E-state index is 11.6. The average molecular weight is 272 g/mol. The molecule has 2 amide bonds. The molecule has 1 aliphatic heterocycles. The van der Waals surface area contributed by atoms with Gasteiger partial charge in [0.1, 0.15) is 10.9 Å². The maximum atomic E-state index is 11.6. The molecule has 1 aliphatic rings. The Morgan fingerprint density at radius 1 is 1.67 bits per heavy atom. The molecule has 0 bridgehead atoms. The van der Waals surface area contributed by atoms with Crippen LogP contribution in [-0.4, -0.2) is 46.6 Å². The number of ether oxygens (including phenoxy) is 1. The van der Waals surface area contributed by atoms with Crippen LogP contribution in [0.2, 0.25) is 0 Å². The fourth-order valence-corrected chi connectivity index (χ4v) is 2.04. The number of nitrogens with zero attached hydrogens (tertiary/aromatic N) is 2. The monoisotopic (exact) mass is 272 g/mol. The van der Waals surface area contributed by atoms with E-state index in [4.69, 9.17) is 9.84 Å². The molecular formula is C9H12N4O4S. The minimum atomic E-state index is -1.11. The van der Waals surface area contributed by atoms with E-state index in [2.05, 4.69) is 20.8 Å². The lowest BCUT2D eigenvalue weighted by molar-refractivity contribution is -0.148. The fraction of sp³-hybridized carbons (Fsp3) is 0.556. The molecule has 98 valence electrons. The van der Waals surface area contributed by atoms with Gasteiger partial charge >= 0.3 is 12.0 Å². The second-order valence-electron chi connectivity index (χ2n) is 4.13. The number of hydrogen-bond donors (Lipinski definition) is 3. The van der Waals surface area contributed by atoms with Gasteiger partial charge in [0, 0.05) is 0 Å². The summed E-state index contributed by atoms with van der Waals surface area (Å²) in [5.74, 6) is -0.999. The van der Waals surface area contributed by atoms with Gasteiger partial charge in [0.05, 0.1) is 19.3 Å². The van der Waals surface area contributed by atoms with Gasteiger partial charge in [-0.3, -0.25) is 10.1 Å². The Hall–Kier alpha value is -1.74. The smallest absolute Gasteiger partial charge is 0.321 e. The lowest BCUT2D eigenvalue weighted by Crippen LogP contribution is -2.50. The number of urea groups is 1. The van der Waals surface area contributed by atoms with Gasteiger partial charge in [-0.1, -0.05) is 11.3 Å². The molecule has 0 aromatic carbocycles. The highest BCUT2D eigenvalue weighted by molar-refractivity contribution is 7.13. The van der Waals surface area contributed by atoms with E-state index in [0.29, 0.717) is 5.13 Å². The summed E-state index contributed by atoms with van der Waals surface area (Å²) in [5, 5.41) is 21.8. The molecule has 0 radical (unpaired) electrons. The average Bonchev–Trinajstić information content (AvgIpc) is 2.90. The van der Waals surface area contributed by atoms with E-state index in [1.807, 2.05) is 0 Å². The van der Waals surface area contributed by atoms with Crippen molar-refractivity contribution in [1.82, 2.24) is 15.5 Å². The van der Waals surface area contributed by atoms with Gasteiger partial charge < -0.3 is 15.2 Å². The molecule has 2 heterocycles. The highest BCUT2D eigenvalue weighted by Gasteiger charge is 2.47. The van der Waals surface area contributed by atoms with Crippen molar-refractivity contribution in [2.24, 2.45) is 5.41 Å². The lowest BCUT2D eigenvalue weighted by atomic mass is 9.85. The minimum absolute atomic E-state index is 0.0755. The predicted molar refractivity (Wildman–Crippen MR) is 62.4 cm³/mol. The minimum Gasteiger partial charge on any atom is -0.481 e. The standard InChI is InChI=1S/C9H12N4O4S/c1-9(6(14)15)3-17-2-5(9)11-7(16)12-8-13-10-4-18-8/h4-5H,2-3H2,1H3,(H,14,15)(H2,11,12,13,16). The zero-order chi connectivity index (χ0) is 13.2. The molecule has 9 heteroatoms. The molecule has 8 nitrogen and oxygen atoms in total. The molecule has 3 N–H and O–H groups in total. The number of anilines is 1. The molecule has 18 heavy (non-hydrogen) atoms. The Morgan fingerprint density at radius 2 is 2.44 bits per heavy atom. The number of carboxylic acids is 1. The van der Waals surface area contributed by atoms with E-state index < -0.39 is 23.5 Å². The van der Waals surface area contributed by atoms with Gasteiger partial charge in [-0.2, -0.15) is 0 Å². The normalized spacial score (nSPS) is 26.8. The first kappa shape index (κ1) is 12.7. The van der Waals surface area contributed by atoms with Crippen LogP contribution in [0.5, 0.6) is 0 Å². The number of amides is 2. The number of rotatable bonds is 3. The Labute approximate surface area is 106 Å². The van der Waals surface area contributed by atoms with Crippen LogP contribution >= 0.6 is 11.3 Å². The fourth-order valence-electron chi connectivity index (χ4n) is 1.60. The molecule has 0 spiro atoms. The van der Waals surface area contributed by atoms with Gasteiger partial charge in [0.2, 0.25) is 5.13 Å². The topological polar surface area (TPSA) is 113 Å². The Morgan fingerprint density at radius 3 is 3.06 bits per heavy atom. The summed E-state index contributed by atoms with van der Waals surface area (Å²) in [7, 11) is 0. The van der Waals surface area contributed by atoms with Crippen LogP contribution in [0.3, 0.4) is 0 Å². The third kappa shape index (κ3) is 2.41. The van der Waals surface area contributed by atoms with Crippen molar-refractivity contribution >= 4 is 28.5 Å². The van der Waals surface area contributed by atoms with E-state index in [-0.39, 0.29) is 13.2 Å². The summed E-state index contributed by atoms with van der Waals surface area (Å²) >= 11 is 1.17.